The van der Waals surface area contributed by atoms with Crippen LogP contribution in [0.25, 0.3) is 11.0 Å². The molecule has 2 heterocycles. The summed E-state index contributed by atoms with van der Waals surface area (Å²) in [4.78, 5) is 19.8. The molecule has 5 heteroatoms. The number of hydrogen-bond acceptors (Lipinski definition) is 3. The van der Waals surface area contributed by atoms with Gasteiger partial charge in [0.2, 0.25) is 5.91 Å². The average molecular weight is 440 g/mol. The number of hydrogen-bond donors (Lipinski definition) is 0. The molecule has 1 aliphatic rings. The van der Waals surface area contributed by atoms with Gasteiger partial charge in [-0.05, 0) is 73.9 Å². The van der Waals surface area contributed by atoms with Crippen LogP contribution in [0.15, 0.2) is 66.7 Å². The van der Waals surface area contributed by atoms with Crippen molar-refractivity contribution in [2.75, 3.05) is 18.1 Å². The zero-order chi connectivity index (χ0) is 22.9. The highest BCUT2D eigenvalue weighted by Crippen LogP contribution is 2.33. The molecule has 0 saturated carbocycles. The minimum absolute atomic E-state index is 0.0482. The van der Waals surface area contributed by atoms with Crippen LogP contribution in [-0.4, -0.2) is 28.6 Å². The molecule has 0 radical (unpaired) electrons. The first-order valence-electron chi connectivity index (χ1n) is 11.5. The van der Waals surface area contributed by atoms with E-state index in [9.17, 15) is 4.79 Å². The van der Waals surface area contributed by atoms with Gasteiger partial charge in [0.05, 0.1) is 17.6 Å². The monoisotopic (exact) mass is 439 g/mol. The molecule has 0 bridgehead atoms. The summed E-state index contributed by atoms with van der Waals surface area (Å²) < 4.78 is 8.31. The topological polar surface area (TPSA) is 47.4 Å². The van der Waals surface area contributed by atoms with Gasteiger partial charge in [0.15, 0.2) is 0 Å². The Labute approximate surface area is 194 Å². The summed E-state index contributed by atoms with van der Waals surface area (Å²) >= 11 is 0. The molecule has 33 heavy (non-hydrogen) atoms. The number of amides is 1. The van der Waals surface area contributed by atoms with Gasteiger partial charge in [0.1, 0.15) is 18.2 Å². The number of aromatic nitrogens is 2. The number of carbonyl (C=O) groups excluding carboxylic acids is 1. The van der Waals surface area contributed by atoms with Crippen LogP contribution in [-0.2, 0) is 11.3 Å². The smallest absolute Gasteiger partial charge is 0.227 e. The van der Waals surface area contributed by atoms with Crippen molar-refractivity contribution in [1.82, 2.24) is 9.55 Å². The van der Waals surface area contributed by atoms with Crippen LogP contribution in [0.3, 0.4) is 0 Å². The molecule has 0 unspecified atom stereocenters. The van der Waals surface area contributed by atoms with Crippen molar-refractivity contribution in [3.63, 3.8) is 0 Å². The molecular weight excluding hydrogens is 410 g/mol. The predicted octanol–water partition coefficient (Wildman–Crippen LogP) is 5.56. The minimum atomic E-state index is 0.0482. The van der Waals surface area contributed by atoms with Crippen LogP contribution in [0.4, 0.5) is 5.69 Å². The van der Waals surface area contributed by atoms with Gasteiger partial charge in [-0.1, -0.05) is 30.3 Å². The third kappa shape index (κ3) is 4.23. The third-order valence-corrected chi connectivity index (χ3v) is 6.55. The van der Waals surface area contributed by atoms with E-state index in [2.05, 4.69) is 55.7 Å². The second kappa shape index (κ2) is 8.74. The van der Waals surface area contributed by atoms with Gasteiger partial charge in [0, 0.05) is 24.6 Å². The van der Waals surface area contributed by atoms with Crippen molar-refractivity contribution < 1.29 is 9.53 Å². The van der Waals surface area contributed by atoms with Crippen LogP contribution >= 0.6 is 0 Å². The van der Waals surface area contributed by atoms with E-state index in [4.69, 9.17) is 9.72 Å². The van der Waals surface area contributed by atoms with Crippen LogP contribution < -0.4 is 9.64 Å². The first-order valence-corrected chi connectivity index (χ1v) is 11.5. The Morgan fingerprint density at radius 3 is 2.64 bits per heavy atom. The normalized spacial score (nSPS) is 16.0. The molecule has 168 valence electrons. The lowest BCUT2D eigenvalue weighted by Crippen LogP contribution is -2.24. The molecule has 0 spiro atoms. The summed E-state index contributed by atoms with van der Waals surface area (Å²) in [5.74, 6) is 2.04. The van der Waals surface area contributed by atoms with E-state index < -0.39 is 0 Å². The van der Waals surface area contributed by atoms with E-state index in [1.165, 1.54) is 11.1 Å². The lowest BCUT2D eigenvalue weighted by Gasteiger charge is -2.18. The van der Waals surface area contributed by atoms with Crippen LogP contribution in [0, 0.1) is 20.8 Å². The standard InChI is InChI=1S/C28H29N3O2/c1-19-7-6-8-23(15-19)31-18-22(17-27(31)32)28-29-25-9-4-5-10-26(25)30(28)13-14-33-24-12-11-20(2)21(3)16-24/h4-12,15-16,22H,13-14,17-18H2,1-3H3/t22-/m0/s1. The highest BCUT2D eigenvalue weighted by Gasteiger charge is 2.34. The lowest BCUT2D eigenvalue weighted by molar-refractivity contribution is -0.117. The first-order chi connectivity index (χ1) is 16.0. The Balaban J connectivity index is 1.40. The third-order valence-electron chi connectivity index (χ3n) is 6.55. The zero-order valence-corrected chi connectivity index (χ0v) is 19.4. The number of imidazole rings is 1. The molecule has 1 atom stereocenters. The Morgan fingerprint density at radius 2 is 1.82 bits per heavy atom. The van der Waals surface area contributed by atoms with Gasteiger partial charge in [-0.2, -0.15) is 0 Å². The molecule has 3 aromatic carbocycles. The summed E-state index contributed by atoms with van der Waals surface area (Å²) in [6.45, 7) is 8.11. The quantitative estimate of drug-likeness (QED) is 0.395. The molecule has 0 aliphatic carbocycles. The van der Waals surface area contributed by atoms with Crippen molar-refractivity contribution >= 4 is 22.6 Å². The first kappa shape index (κ1) is 21.3. The molecule has 5 nitrogen and oxygen atoms in total. The Hall–Kier alpha value is -3.60. The SMILES string of the molecule is Cc1cccc(N2C[C@@H](c3nc4ccccc4n3CCOc3ccc(C)c(C)c3)CC2=O)c1. The van der Waals surface area contributed by atoms with Gasteiger partial charge >= 0.3 is 0 Å². The maximum Gasteiger partial charge on any atom is 0.227 e. The van der Waals surface area contributed by atoms with Crippen molar-refractivity contribution in [2.45, 2.75) is 39.7 Å². The van der Waals surface area contributed by atoms with E-state index >= 15 is 0 Å². The van der Waals surface area contributed by atoms with Crippen LogP contribution in [0.1, 0.15) is 34.9 Å². The Kier molecular flexibility index (Phi) is 5.63. The molecule has 1 fully saturated rings. The van der Waals surface area contributed by atoms with Crippen molar-refractivity contribution in [3.05, 3.63) is 89.2 Å². The van der Waals surface area contributed by atoms with Gasteiger partial charge in [0.25, 0.3) is 0 Å². The van der Waals surface area contributed by atoms with Crippen LogP contribution in [0.5, 0.6) is 5.75 Å². The Morgan fingerprint density at radius 1 is 0.970 bits per heavy atom. The molecule has 4 aromatic rings. The summed E-state index contributed by atoms with van der Waals surface area (Å²) in [5.41, 5.74) is 6.64. The van der Waals surface area contributed by atoms with E-state index in [0.717, 1.165) is 33.9 Å². The summed E-state index contributed by atoms with van der Waals surface area (Å²) in [5, 5.41) is 0. The molecule has 1 saturated heterocycles. The zero-order valence-electron chi connectivity index (χ0n) is 19.4. The number of ether oxygens (including phenoxy) is 1. The number of para-hydroxylation sites is 2. The predicted molar refractivity (Wildman–Crippen MR) is 132 cm³/mol. The van der Waals surface area contributed by atoms with Crippen molar-refractivity contribution in [2.24, 2.45) is 0 Å². The van der Waals surface area contributed by atoms with Gasteiger partial charge < -0.3 is 14.2 Å². The van der Waals surface area contributed by atoms with Crippen molar-refractivity contribution in [1.29, 1.82) is 0 Å². The van der Waals surface area contributed by atoms with E-state index in [1.54, 1.807) is 0 Å². The maximum absolute atomic E-state index is 12.9. The molecule has 1 amide bonds. The summed E-state index contributed by atoms with van der Waals surface area (Å²) in [6.07, 6.45) is 0.468. The van der Waals surface area contributed by atoms with E-state index in [1.807, 2.05) is 41.3 Å². The van der Waals surface area contributed by atoms with Gasteiger partial charge in [-0.15, -0.1) is 0 Å². The second-order valence-corrected chi connectivity index (χ2v) is 8.95. The number of anilines is 1. The highest BCUT2D eigenvalue weighted by atomic mass is 16.5. The molecular formula is C28H29N3O2. The molecule has 1 aromatic heterocycles. The fourth-order valence-corrected chi connectivity index (χ4v) is 4.63. The van der Waals surface area contributed by atoms with Gasteiger partial charge in [-0.3, -0.25) is 4.79 Å². The molecule has 1 aliphatic heterocycles. The minimum Gasteiger partial charge on any atom is -0.492 e. The largest absolute Gasteiger partial charge is 0.492 e. The van der Waals surface area contributed by atoms with Crippen molar-refractivity contribution in [3.8, 4) is 5.75 Å². The fourth-order valence-electron chi connectivity index (χ4n) is 4.63. The second-order valence-electron chi connectivity index (χ2n) is 8.95. The maximum atomic E-state index is 12.9. The van der Waals surface area contributed by atoms with Gasteiger partial charge in [-0.25, -0.2) is 4.98 Å². The fraction of sp³-hybridized carbons (Fsp3) is 0.286. The number of benzene rings is 3. The van der Waals surface area contributed by atoms with E-state index in [0.29, 0.717) is 26.1 Å². The number of carbonyl (C=O) groups is 1. The Bertz CT molecular complexity index is 1320. The average Bonchev–Trinajstić information content (AvgIpc) is 3.37. The summed E-state index contributed by atoms with van der Waals surface area (Å²) in [6, 6.07) is 22.5. The number of fused-ring (bicyclic) bond motifs is 1. The number of aryl methyl sites for hydroxylation is 3. The van der Waals surface area contributed by atoms with E-state index in [-0.39, 0.29) is 11.8 Å². The molecule has 5 rings (SSSR count). The number of rotatable bonds is 6. The summed E-state index contributed by atoms with van der Waals surface area (Å²) in [7, 11) is 0. The molecule has 0 N–H and O–H groups in total. The number of nitrogens with zero attached hydrogens (tertiary/aromatic N) is 3. The van der Waals surface area contributed by atoms with Crippen LogP contribution in [0.2, 0.25) is 0 Å². The highest BCUT2D eigenvalue weighted by molar-refractivity contribution is 5.96. The lowest BCUT2D eigenvalue weighted by atomic mass is 10.1.